The van der Waals surface area contributed by atoms with Crippen molar-refractivity contribution in [2.75, 3.05) is 0 Å². The van der Waals surface area contributed by atoms with Crippen molar-refractivity contribution < 1.29 is 9.53 Å². The topological polar surface area (TPSA) is 44.1 Å². The molecule has 0 aromatic carbocycles. The average Bonchev–Trinajstić information content (AvgIpc) is 3.02. The van der Waals surface area contributed by atoms with Crippen LogP contribution >= 0.6 is 0 Å². The maximum atomic E-state index is 12.1. The fourth-order valence-corrected chi connectivity index (χ4v) is 4.17. The highest BCUT2D eigenvalue weighted by Crippen LogP contribution is 2.66. The van der Waals surface area contributed by atoms with Gasteiger partial charge in [-0.2, -0.15) is 0 Å². The van der Waals surface area contributed by atoms with E-state index in [4.69, 9.17) is 4.74 Å². The fraction of sp³-hybridized carbons (Fsp3) is 0.750. The molecule has 0 amide bonds. The van der Waals surface area contributed by atoms with Gasteiger partial charge in [0.15, 0.2) is 0 Å². The number of imidazole rings is 1. The molecule has 0 saturated heterocycles. The standard InChI is InChI=1S/C16H24N2O2/c1-15(2)12-4-6-16(15,3)13(10-12)20-14(19)5-8-18-9-7-17-11-18/h7,9,11-13H,4-6,8,10H2,1-3H3/t12-,13+,16+/m0/s1. The zero-order valence-corrected chi connectivity index (χ0v) is 12.6. The minimum Gasteiger partial charge on any atom is -0.462 e. The van der Waals surface area contributed by atoms with Crippen molar-refractivity contribution in [3.05, 3.63) is 18.7 Å². The second-order valence-corrected chi connectivity index (χ2v) is 7.14. The number of fused-ring (bicyclic) bond motifs is 2. The maximum Gasteiger partial charge on any atom is 0.307 e. The van der Waals surface area contributed by atoms with Gasteiger partial charge in [-0.25, -0.2) is 4.98 Å². The van der Waals surface area contributed by atoms with Gasteiger partial charge in [0, 0.05) is 24.4 Å². The molecular weight excluding hydrogens is 252 g/mol. The van der Waals surface area contributed by atoms with E-state index < -0.39 is 0 Å². The van der Waals surface area contributed by atoms with Gasteiger partial charge in [-0.3, -0.25) is 4.79 Å². The molecule has 2 fully saturated rings. The normalized spacial score (nSPS) is 34.4. The number of rotatable bonds is 4. The molecule has 2 saturated carbocycles. The molecule has 3 atom stereocenters. The summed E-state index contributed by atoms with van der Waals surface area (Å²) in [5.41, 5.74) is 0.449. The minimum absolute atomic E-state index is 0.0757. The molecule has 3 rings (SSSR count). The van der Waals surface area contributed by atoms with Crippen LogP contribution in [0.4, 0.5) is 0 Å². The van der Waals surface area contributed by atoms with Gasteiger partial charge in [0.05, 0.1) is 12.7 Å². The van der Waals surface area contributed by atoms with Gasteiger partial charge in [-0.15, -0.1) is 0 Å². The highest BCUT2D eigenvalue weighted by molar-refractivity contribution is 5.69. The quantitative estimate of drug-likeness (QED) is 0.794. The number of carbonyl (C=O) groups is 1. The van der Waals surface area contributed by atoms with Crippen LogP contribution in [0.1, 0.15) is 46.5 Å². The van der Waals surface area contributed by atoms with Crippen molar-refractivity contribution in [2.45, 2.75) is 59.1 Å². The largest absolute Gasteiger partial charge is 0.462 e. The minimum atomic E-state index is -0.0757. The van der Waals surface area contributed by atoms with Crippen molar-refractivity contribution in [1.29, 1.82) is 0 Å². The van der Waals surface area contributed by atoms with Crippen LogP contribution in [-0.2, 0) is 16.1 Å². The van der Waals surface area contributed by atoms with E-state index in [-0.39, 0.29) is 17.5 Å². The van der Waals surface area contributed by atoms with E-state index in [9.17, 15) is 4.79 Å². The van der Waals surface area contributed by atoms with E-state index in [1.807, 2.05) is 10.8 Å². The Morgan fingerprint density at radius 2 is 2.25 bits per heavy atom. The smallest absolute Gasteiger partial charge is 0.307 e. The van der Waals surface area contributed by atoms with Crippen LogP contribution in [0.5, 0.6) is 0 Å². The van der Waals surface area contributed by atoms with Gasteiger partial charge >= 0.3 is 5.97 Å². The van der Waals surface area contributed by atoms with Crippen LogP contribution < -0.4 is 0 Å². The summed E-state index contributed by atoms with van der Waals surface area (Å²) < 4.78 is 7.72. The number of hydrogen-bond acceptors (Lipinski definition) is 3. The zero-order valence-electron chi connectivity index (χ0n) is 12.6. The second-order valence-electron chi connectivity index (χ2n) is 7.14. The summed E-state index contributed by atoms with van der Waals surface area (Å²) >= 11 is 0. The van der Waals surface area contributed by atoms with Gasteiger partial charge in [0.2, 0.25) is 0 Å². The molecule has 4 heteroatoms. The van der Waals surface area contributed by atoms with Crippen LogP contribution in [0.25, 0.3) is 0 Å². The second kappa shape index (κ2) is 4.61. The number of ether oxygens (including phenoxy) is 1. The van der Waals surface area contributed by atoms with Gasteiger partial charge in [0.1, 0.15) is 6.10 Å². The summed E-state index contributed by atoms with van der Waals surface area (Å²) in [5.74, 6) is 0.632. The Kier molecular flexibility index (Phi) is 3.14. The van der Waals surface area contributed by atoms with Crippen molar-refractivity contribution in [3.8, 4) is 0 Å². The Bertz CT molecular complexity index is 495. The third-order valence-corrected chi connectivity index (χ3v) is 6.12. The number of aryl methyl sites for hydroxylation is 1. The van der Waals surface area contributed by atoms with E-state index in [1.165, 1.54) is 12.8 Å². The van der Waals surface area contributed by atoms with E-state index >= 15 is 0 Å². The molecule has 4 nitrogen and oxygen atoms in total. The number of aromatic nitrogens is 2. The highest BCUT2D eigenvalue weighted by Gasteiger charge is 2.62. The summed E-state index contributed by atoms with van der Waals surface area (Å²) in [5, 5.41) is 0. The van der Waals surface area contributed by atoms with Gasteiger partial charge < -0.3 is 9.30 Å². The predicted octanol–water partition coefficient (Wildman–Crippen LogP) is 3.03. The van der Waals surface area contributed by atoms with Crippen LogP contribution in [0.15, 0.2) is 18.7 Å². The Morgan fingerprint density at radius 3 is 2.80 bits per heavy atom. The fourth-order valence-electron chi connectivity index (χ4n) is 4.17. The first-order valence-electron chi connectivity index (χ1n) is 7.59. The lowest BCUT2D eigenvalue weighted by atomic mass is 9.70. The molecule has 0 unspecified atom stereocenters. The van der Waals surface area contributed by atoms with Crippen molar-refractivity contribution >= 4 is 5.97 Å². The van der Waals surface area contributed by atoms with Crippen LogP contribution in [0.2, 0.25) is 0 Å². The number of esters is 1. The molecule has 1 aromatic heterocycles. The van der Waals surface area contributed by atoms with E-state index in [0.717, 1.165) is 6.42 Å². The third-order valence-electron chi connectivity index (χ3n) is 6.12. The molecule has 2 aliphatic carbocycles. The molecule has 0 radical (unpaired) electrons. The molecule has 1 aromatic rings. The lowest BCUT2D eigenvalue weighted by molar-refractivity contribution is -0.157. The highest BCUT2D eigenvalue weighted by atomic mass is 16.5. The molecular formula is C16H24N2O2. The summed E-state index contributed by atoms with van der Waals surface area (Å²) in [6.45, 7) is 7.62. The maximum absolute atomic E-state index is 12.1. The summed E-state index contributed by atoms with van der Waals surface area (Å²) in [7, 11) is 0. The first-order chi connectivity index (χ1) is 9.43. The number of carbonyl (C=O) groups excluding carboxylic acids is 1. The van der Waals surface area contributed by atoms with E-state index in [1.54, 1.807) is 12.5 Å². The molecule has 0 aliphatic heterocycles. The molecule has 110 valence electrons. The van der Waals surface area contributed by atoms with Gasteiger partial charge in [0.25, 0.3) is 0 Å². The molecule has 20 heavy (non-hydrogen) atoms. The SMILES string of the molecule is CC1(C)[C@H]2CC[C@]1(C)[C@H](OC(=O)CCn1ccnc1)C2. The molecule has 0 spiro atoms. The van der Waals surface area contributed by atoms with Gasteiger partial charge in [-0.05, 0) is 30.6 Å². The summed E-state index contributed by atoms with van der Waals surface area (Å²) in [4.78, 5) is 16.0. The molecule has 2 bridgehead atoms. The van der Waals surface area contributed by atoms with E-state index in [2.05, 4.69) is 25.8 Å². The first kappa shape index (κ1) is 13.7. The van der Waals surface area contributed by atoms with Crippen LogP contribution in [-0.4, -0.2) is 21.6 Å². The van der Waals surface area contributed by atoms with E-state index in [0.29, 0.717) is 24.3 Å². The Labute approximate surface area is 120 Å². The van der Waals surface area contributed by atoms with Crippen molar-refractivity contribution in [1.82, 2.24) is 9.55 Å². The Morgan fingerprint density at radius 1 is 1.45 bits per heavy atom. The Balaban J connectivity index is 1.58. The summed E-state index contributed by atoms with van der Waals surface area (Å²) in [6, 6.07) is 0. The first-order valence-corrected chi connectivity index (χ1v) is 7.59. The number of hydrogen-bond donors (Lipinski definition) is 0. The molecule has 1 heterocycles. The van der Waals surface area contributed by atoms with Crippen molar-refractivity contribution in [2.24, 2.45) is 16.7 Å². The van der Waals surface area contributed by atoms with Crippen LogP contribution in [0, 0.1) is 16.7 Å². The molecule has 0 N–H and O–H groups in total. The van der Waals surface area contributed by atoms with Crippen molar-refractivity contribution in [3.63, 3.8) is 0 Å². The average molecular weight is 276 g/mol. The van der Waals surface area contributed by atoms with Gasteiger partial charge in [-0.1, -0.05) is 20.8 Å². The monoisotopic (exact) mass is 276 g/mol. The Hall–Kier alpha value is -1.32. The third kappa shape index (κ3) is 1.97. The lowest BCUT2D eigenvalue weighted by Crippen LogP contribution is -2.38. The summed E-state index contributed by atoms with van der Waals surface area (Å²) in [6.07, 6.45) is 9.37. The lowest BCUT2D eigenvalue weighted by Gasteiger charge is -2.38. The predicted molar refractivity (Wildman–Crippen MR) is 76.0 cm³/mol. The van der Waals surface area contributed by atoms with Crippen LogP contribution in [0.3, 0.4) is 0 Å². The zero-order chi connectivity index (χ0) is 14.4. The molecule has 2 aliphatic rings. The number of nitrogens with zero attached hydrogens (tertiary/aromatic N) is 2.